The summed E-state index contributed by atoms with van der Waals surface area (Å²) in [6.07, 6.45) is 1.12. The first kappa shape index (κ1) is 23.5. The number of benzene rings is 2. The number of ether oxygens (including phenoxy) is 2. The molecule has 0 bridgehead atoms. The molecule has 0 saturated carbocycles. The van der Waals surface area contributed by atoms with Gasteiger partial charge in [-0.25, -0.2) is 4.39 Å². The van der Waals surface area contributed by atoms with Crippen LogP contribution in [0.15, 0.2) is 36.4 Å². The van der Waals surface area contributed by atoms with Crippen molar-refractivity contribution in [3.8, 4) is 11.5 Å². The lowest BCUT2D eigenvalue weighted by Crippen LogP contribution is -2.27. The molecule has 29 heavy (non-hydrogen) atoms. The van der Waals surface area contributed by atoms with Gasteiger partial charge < -0.3 is 19.7 Å². The van der Waals surface area contributed by atoms with Crippen LogP contribution in [0.2, 0.25) is 5.02 Å². The average molecular weight is 423 g/mol. The zero-order chi connectivity index (χ0) is 21.1. The number of rotatable bonds is 13. The topological polar surface area (TPSA) is 33.7 Å². The maximum absolute atomic E-state index is 13.2. The molecule has 0 spiro atoms. The van der Waals surface area contributed by atoms with E-state index in [1.807, 2.05) is 25.1 Å². The third-order valence-electron chi connectivity index (χ3n) is 4.76. The Morgan fingerprint density at radius 3 is 2.48 bits per heavy atom. The van der Waals surface area contributed by atoms with Gasteiger partial charge in [0.05, 0.1) is 11.6 Å². The van der Waals surface area contributed by atoms with E-state index in [-0.39, 0.29) is 12.4 Å². The van der Waals surface area contributed by atoms with E-state index in [2.05, 4.69) is 24.1 Å². The van der Waals surface area contributed by atoms with Gasteiger partial charge in [-0.05, 0) is 69.4 Å². The van der Waals surface area contributed by atoms with Crippen LogP contribution in [0.1, 0.15) is 38.3 Å². The van der Waals surface area contributed by atoms with Crippen LogP contribution in [-0.4, -0.2) is 37.7 Å². The van der Waals surface area contributed by atoms with Gasteiger partial charge in [0, 0.05) is 12.1 Å². The van der Waals surface area contributed by atoms with Crippen LogP contribution in [-0.2, 0) is 13.2 Å². The summed E-state index contributed by atoms with van der Waals surface area (Å²) < 4.78 is 24.8. The average Bonchev–Trinajstić information content (AvgIpc) is 2.71. The second kappa shape index (κ2) is 12.7. The van der Waals surface area contributed by atoms with Gasteiger partial charge in [-0.2, -0.15) is 0 Å². The molecule has 0 fully saturated rings. The molecule has 0 radical (unpaired) electrons. The molecular weight excluding hydrogens is 391 g/mol. The monoisotopic (exact) mass is 422 g/mol. The fraction of sp³-hybridized carbons (Fsp3) is 0.478. The van der Waals surface area contributed by atoms with Crippen molar-refractivity contribution < 1.29 is 13.9 Å². The lowest BCUT2D eigenvalue weighted by Gasteiger charge is -2.18. The lowest BCUT2D eigenvalue weighted by atomic mass is 10.2. The van der Waals surface area contributed by atoms with E-state index >= 15 is 0 Å². The number of nitrogens with one attached hydrogen (secondary N) is 1. The van der Waals surface area contributed by atoms with E-state index in [0.717, 1.165) is 50.3 Å². The van der Waals surface area contributed by atoms with Crippen LogP contribution >= 0.6 is 11.6 Å². The minimum absolute atomic E-state index is 0.252. The zero-order valence-corrected chi connectivity index (χ0v) is 18.4. The summed E-state index contributed by atoms with van der Waals surface area (Å²) >= 11 is 6.08. The Balaban J connectivity index is 1.90. The highest BCUT2D eigenvalue weighted by molar-refractivity contribution is 6.31. The van der Waals surface area contributed by atoms with Crippen LogP contribution in [0.3, 0.4) is 0 Å². The summed E-state index contributed by atoms with van der Waals surface area (Å²) in [4.78, 5) is 2.42. The first-order valence-corrected chi connectivity index (χ1v) is 10.7. The highest BCUT2D eigenvalue weighted by Gasteiger charge is 2.09. The third-order valence-corrected chi connectivity index (χ3v) is 5.11. The van der Waals surface area contributed by atoms with Gasteiger partial charge in [0.2, 0.25) is 0 Å². The largest absolute Gasteiger partial charge is 0.490 e. The van der Waals surface area contributed by atoms with Crippen molar-refractivity contribution in [1.82, 2.24) is 10.2 Å². The van der Waals surface area contributed by atoms with Crippen molar-refractivity contribution in [1.29, 1.82) is 0 Å². The minimum Gasteiger partial charge on any atom is -0.490 e. The van der Waals surface area contributed by atoms with Crippen molar-refractivity contribution in [3.63, 3.8) is 0 Å². The van der Waals surface area contributed by atoms with Crippen molar-refractivity contribution >= 4 is 11.6 Å². The lowest BCUT2D eigenvalue weighted by molar-refractivity contribution is 0.269. The molecule has 0 aliphatic heterocycles. The van der Waals surface area contributed by atoms with Gasteiger partial charge in [0.1, 0.15) is 12.4 Å². The molecule has 160 valence electrons. The van der Waals surface area contributed by atoms with Gasteiger partial charge in [-0.1, -0.05) is 37.6 Å². The molecule has 0 aliphatic carbocycles. The van der Waals surface area contributed by atoms with Gasteiger partial charge in [0.15, 0.2) is 11.5 Å². The van der Waals surface area contributed by atoms with E-state index in [0.29, 0.717) is 23.1 Å². The van der Waals surface area contributed by atoms with E-state index < -0.39 is 0 Å². The van der Waals surface area contributed by atoms with Crippen LogP contribution in [0.25, 0.3) is 0 Å². The van der Waals surface area contributed by atoms with Gasteiger partial charge >= 0.3 is 0 Å². The third kappa shape index (κ3) is 7.84. The Labute approximate surface area is 179 Å². The Morgan fingerprint density at radius 2 is 1.79 bits per heavy atom. The molecule has 1 N–H and O–H groups in total. The van der Waals surface area contributed by atoms with Crippen molar-refractivity contribution in [3.05, 3.63) is 58.4 Å². The molecule has 4 nitrogen and oxygen atoms in total. The molecule has 0 unspecified atom stereocenters. The normalized spacial score (nSPS) is 11.1. The smallest absolute Gasteiger partial charge is 0.161 e. The fourth-order valence-corrected chi connectivity index (χ4v) is 3.27. The molecule has 2 rings (SSSR count). The summed E-state index contributed by atoms with van der Waals surface area (Å²) in [6.45, 7) is 12.2. The van der Waals surface area contributed by atoms with Gasteiger partial charge in [-0.15, -0.1) is 0 Å². The number of hydrogen-bond acceptors (Lipinski definition) is 4. The minimum atomic E-state index is -0.359. The molecule has 2 aromatic rings. The molecule has 0 aliphatic rings. The van der Waals surface area contributed by atoms with Crippen LogP contribution in [0.5, 0.6) is 11.5 Å². The maximum Gasteiger partial charge on any atom is 0.161 e. The summed E-state index contributed by atoms with van der Waals surface area (Å²) in [5, 5.41) is 3.84. The summed E-state index contributed by atoms with van der Waals surface area (Å²) in [5.41, 5.74) is 1.87. The Hall–Kier alpha value is -1.82. The number of halogens is 2. The van der Waals surface area contributed by atoms with Gasteiger partial charge in [-0.3, -0.25) is 0 Å². The molecule has 0 atom stereocenters. The van der Waals surface area contributed by atoms with Crippen molar-refractivity contribution in [2.45, 2.75) is 40.3 Å². The predicted octanol–water partition coefficient (Wildman–Crippen LogP) is 5.28. The Morgan fingerprint density at radius 1 is 1.00 bits per heavy atom. The summed E-state index contributed by atoms with van der Waals surface area (Å²) in [7, 11) is 0. The first-order chi connectivity index (χ1) is 14.1. The second-order valence-corrected chi connectivity index (χ2v) is 7.20. The van der Waals surface area contributed by atoms with Crippen LogP contribution in [0.4, 0.5) is 4.39 Å². The SMILES string of the molecule is CCOc1cc(CNCCCN(CC)CC)ccc1OCc1ccc(F)cc1Cl. The molecule has 0 saturated heterocycles. The van der Waals surface area contributed by atoms with E-state index in [9.17, 15) is 4.39 Å². The molecule has 6 heteroatoms. The van der Waals surface area contributed by atoms with E-state index in [1.165, 1.54) is 12.1 Å². The number of nitrogens with zero attached hydrogens (tertiary/aromatic N) is 1. The van der Waals surface area contributed by atoms with E-state index in [1.54, 1.807) is 6.07 Å². The zero-order valence-electron chi connectivity index (χ0n) is 17.6. The van der Waals surface area contributed by atoms with Gasteiger partial charge in [0.25, 0.3) is 0 Å². The molecule has 2 aromatic carbocycles. The standard InChI is InChI=1S/C23H32ClFN2O2/c1-4-27(5-2)13-7-12-26-16-18-8-11-22(23(14-18)28-6-3)29-17-19-9-10-20(25)15-21(19)24/h8-11,14-15,26H,4-7,12-13,16-17H2,1-3H3. The van der Waals surface area contributed by atoms with Crippen molar-refractivity contribution in [2.24, 2.45) is 0 Å². The highest BCUT2D eigenvalue weighted by Crippen LogP contribution is 2.30. The summed E-state index contributed by atoms with van der Waals surface area (Å²) in [5.74, 6) is 0.994. The Bertz CT molecular complexity index is 754. The maximum atomic E-state index is 13.2. The molecule has 0 amide bonds. The predicted molar refractivity (Wildman–Crippen MR) is 117 cm³/mol. The fourth-order valence-electron chi connectivity index (χ4n) is 3.04. The Kier molecular flexibility index (Phi) is 10.3. The summed E-state index contributed by atoms with van der Waals surface area (Å²) in [6, 6.07) is 10.2. The second-order valence-electron chi connectivity index (χ2n) is 6.80. The van der Waals surface area contributed by atoms with Crippen molar-refractivity contribution in [2.75, 3.05) is 32.8 Å². The highest BCUT2D eigenvalue weighted by atomic mass is 35.5. The van der Waals surface area contributed by atoms with Crippen LogP contribution in [0, 0.1) is 5.82 Å². The molecule has 0 heterocycles. The van der Waals surface area contributed by atoms with Crippen LogP contribution < -0.4 is 14.8 Å². The quantitative estimate of drug-likeness (QED) is 0.445. The van der Waals surface area contributed by atoms with E-state index in [4.69, 9.17) is 21.1 Å². The molecule has 0 aromatic heterocycles. The molecular formula is C23H32ClFN2O2. The number of hydrogen-bond donors (Lipinski definition) is 1. The first-order valence-electron chi connectivity index (χ1n) is 10.3.